The van der Waals surface area contributed by atoms with Crippen molar-refractivity contribution in [3.63, 3.8) is 0 Å². The van der Waals surface area contributed by atoms with Gasteiger partial charge in [-0.15, -0.1) is 0 Å². The van der Waals surface area contributed by atoms with Crippen LogP contribution >= 0.6 is 0 Å². The fraction of sp³-hybridized carbons (Fsp3) is 0.800. The third-order valence-corrected chi connectivity index (χ3v) is 3.60. The van der Waals surface area contributed by atoms with E-state index < -0.39 is 0 Å². The molecule has 0 unspecified atom stereocenters. The highest BCUT2D eigenvalue weighted by Gasteiger charge is 2.46. The Morgan fingerprint density at radius 2 is 2.29 bits per heavy atom. The van der Waals surface area contributed by atoms with Gasteiger partial charge in [-0.1, -0.05) is 5.16 Å². The van der Waals surface area contributed by atoms with E-state index in [-0.39, 0.29) is 0 Å². The van der Waals surface area contributed by atoms with Crippen molar-refractivity contribution in [3.8, 4) is 0 Å². The number of hydrogen-bond donors (Lipinski definition) is 0. The van der Waals surface area contributed by atoms with Crippen molar-refractivity contribution in [3.05, 3.63) is 11.7 Å². The molecule has 0 radical (unpaired) electrons. The van der Waals surface area contributed by atoms with E-state index >= 15 is 0 Å². The predicted octanol–water partition coefficient (Wildman–Crippen LogP) is 1.19. The summed E-state index contributed by atoms with van der Waals surface area (Å²) < 4.78 is 5.26. The number of piperidine rings is 1. The quantitative estimate of drug-likeness (QED) is 0.671. The van der Waals surface area contributed by atoms with Gasteiger partial charge < -0.3 is 9.42 Å². The summed E-state index contributed by atoms with van der Waals surface area (Å²) in [7, 11) is 2.19. The zero-order valence-electron chi connectivity index (χ0n) is 8.60. The number of likely N-dealkylation sites (tertiary alicyclic amines) is 1. The van der Waals surface area contributed by atoms with E-state index in [0.29, 0.717) is 12.0 Å². The molecule has 4 heteroatoms. The molecule has 1 saturated carbocycles. The number of rotatable bonds is 1. The number of likely N-dealkylation sites (N-methyl/N-ethyl adjacent to an activating group) is 1. The molecule has 0 spiro atoms. The standard InChI is InChI=1S/C10H15N3O/c1-6-11-10(14-12-6)8-3-7-4-9(8)13(2)5-7/h7-9H,3-5H2,1-2H3/t7-,8-,9-/m1/s1. The van der Waals surface area contributed by atoms with Gasteiger partial charge in [0.2, 0.25) is 5.89 Å². The topological polar surface area (TPSA) is 42.2 Å². The summed E-state index contributed by atoms with van der Waals surface area (Å²) in [6, 6.07) is 0.639. The van der Waals surface area contributed by atoms with Gasteiger partial charge in [0, 0.05) is 12.6 Å². The zero-order valence-corrected chi connectivity index (χ0v) is 8.60. The molecule has 1 aromatic rings. The number of nitrogens with zero attached hydrogens (tertiary/aromatic N) is 3. The van der Waals surface area contributed by atoms with E-state index in [2.05, 4.69) is 22.1 Å². The molecule has 1 saturated heterocycles. The van der Waals surface area contributed by atoms with Crippen molar-refractivity contribution in [2.75, 3.05) is 13.6 Å². The molecule has 1 aliphatic heterocycles. The zero-order chi connectivity index (χ0) is 9.71. The molecule has 14 heavy (non-hydrogen) atoms. The first-order valence-electron chi connectivity index (χ1n) is 5.24. The molecular weight excluding hydrogens is 178 g/mol. The lowest BCUT2D eigenvalue weighted by atomic mass is 9.98. The fourth-order valence-corrected chi connectivity index (χ4v) is 3.03. The lowest BCUT2D eigenvalue weighted by Gasteiger charge is -2.27. The van der Waals surface area contributed by atoms with Gasteiger partial charge in [-0.25, -0.2) is 0 Å². The van der Waals surface area contributed by atoms with Crippen LogP contribution in [0.4, 0.5) is 0 Å². The first-order chi connectivity index (χ1) is 6.74. The van der Waals surface area contributed by atoms with E-state index in [1.807, 2.05) is 6.92 Å². The van der Waals surface area contributed by atoms with Gasteiger partial charge in [-0.05, 0) is 32.7 Å². The molecule has 2 aliphatic rings. The van der Waals surface area contributed by atoms with Crippen LogP contribution in [0.25, 0.3) is 0 Å². The van der Waals surface area contributed by atoms with Crippen LogP contribution in [0, 0.1) is 12.8 Å². The Labute approximate surface area is 83.3 Å². The molecule has 2 heterocycles. The molecule has 1 aromatic heterocycles. The monoisotopic (exact) mass is 193 g/mol. The Bertz CT molecular complexity index is 349. The van der Waals surface area contributed by atoms with E-state index in [1.54, 1.807) is 0 Å². The fourth-order valence-electron chi connectivity index (χ4n) is 3.03. The molecule has 76 valence electrons. The summed E-state index contributed by atoms with van der Waals surface area (Å²) in [5, 5.41) is 3.87. The maximum absolute atomic E-state index is 5.26. The molecular formula is C10H15N3O. The molecule has 3 atom stereocenters. The van der Waals surface area contributed by atoms with Crippen molar-refractivity contribution < 1.29 is 4.52 Å². The van der Waals surface area contributed by atoms with E-state index in [9.17, 15) is 0 Å². The highest BCUT2D eigenvalue weighted by atomic mass is 16.5. The second-order valence-corrected chi connectivity index (χ2v) is 4.63. The van der Waals surface area contributed by atoms with Gasteiger partial charge in [-0.2, -0.15) is 4.98 Å². The first kappa shape index (κ1) is 8.41. The van der Waals surface area contributed by atoms with Crippen molar-refractivity contribution in [2.45, 2.75) is 31.7 Å². The number of aromatic nitrogens is 2. The minimum atomic E-state index is 0.486. The Kier molecular flexibility index (Phi) is 1.68. The van der Waals surface area contributed by atoms with Crippen molar-refractivity contribution >= 4 is 0 Å². The summed E-state index contributed by atoms with van der Waals surface area (Å²) >= 11 is 0. The number of hydrogen-bond acceptors (Lipinski definition) is 4. The molecule has 0 N–H and O–H groups in total. The van der Waals surface area contributed by atoms with Gasteiger partial charge in [0.15, 0.2) is 5.82 Å². The van der Waals surface area contributed by atoms with Gasteiger partial charge in [0.05, 0.1) is 5.92 Å². The lowest BCUT2D eigenvalue weighted by molar-refractivity contribution is 0.205. The molecule has 2 bridgehead atoms. The summed E-state index contributed by atoms with van der Waals surface area (Å²) in [6.45, 7) is 3.12. The van der Waals surface area contributed by atoms with Crippen molar-refractivity contribution in [1.29, 1.82) is 0 Å². The predicted molar refractivity (Wildman–Crippen MR) is 50.9 cm³/mol. The minimum absolute atomic E-state index is 0.486. The lowest BCUT2D eigenvalue weighted by Crippen LogP contribution is -2.33. The highest BCUT2D eigenvalue weighted by molar-refractivity contribution is 5.08. The summed E-state index contributed by atoms with van der Waals surface area (Å²) in [6.07, 6.45) is 2.54. The smallest absolute Gasteiger partial charge is 0.231 e. The van der Waals surface area contributed by atoms with Crippen LogP contribution in [0.3, 0.4) is 0 Å². The van der Waals surface area contributed by atoms with Gasteiger partial charge in [0.25, 0.3) is 0 Å². The van der Waals surface area contributed by atoms with Gasteiger partial charge in [-0.3, -0.25) is 0 Å². The van der Waals surface area contributed by atoms with Crippen LogP contribution in [-0.4, -0.2) is 34.7 Å². The Morgan fingerprint density at radius 3 is 2.86 bits per heavy atom. The number of aryl methyl sites for hydroxylation is 1. The normalized spacial score (nSPS) is 36.9. The maximum Gasteiger partial charge on any atom is 0.231 e. The average Bonchev–Trinajstić information content (AvgIpc) is 2.77. The molecule has 4 nitrogen and oxygen atoms in total. The summed E-state index contributed by atoms with van der Waals surface area (Å²) in [5.41, 5.74) is 0. The minimum Gasteiger partial charge on any atom is -0.339 e. The van der Waals surface area contributed by atoms with E-state index in [4.69, 9.17) is 4.52 Å². The van der Waals surface area contributed by atoms with Crippen LogP contribution in [0.15, 0.2) is 4.52 Å². The van der Waals surface area contributed by atoms with E-state index in [0.717, 1.165) is 17.6 Å². The molecule has 2 fully saturated rings. The van der Waals surface area contributed by atoms with Gasteiger partial charge in [0.1, 0.15) is 0 Å². The SMILES string of the molecule is Cc1noc([C@@H]2C[C@@H]3C[C@H]2N(C)C3)n1. The molecule has 1 aliphatic carbocycles. The largest absolute Gasteiger partial charge is 0.339 e. The Morgan fingerprint density at radius 1 is 1.43 bits per heavy atom. The van der Waals surface area contributed by atoms with Crippen molar-refractivity contribution in [1.82, 2.24) is 15.0 Å². The van der Waals surface area contributed by atoms with Crippen LogP contribution in [0.5, 0.6) is 0 Å². The summed E-state index contributed by atoms with van der Waals surface area (Å²) in [4.78, 5) is 6.77. The van der Waals surface area contributed by atoms with Crippen LogP contribution in [0.2, 0.25) is 0 Å². The molecule has 0 aromatic carbocycles. The molecule has 3 rings (SSSR count). The summed E-state index contributed by atoms with van der Waals surface area (Å²) in [5.74, 6) is 2.94. The number of fused-ring (bicyclic) bond motifs is 2. The van der Waals surface area contributed by atoms with Crippen LogP contribution in [-0.2, 0) is 0 Å². The van der Waals surface area contributed by atoms with E-state index in [1.165, 1.54) is 19.4 Å². The van der Waals surface area contributed by atoms with Crippen molar-refractivity contribution in [2.24, 2.45) is 5.92 Å². The second kappa shape index (κ2) is 2.79. The highest BCUT2D eigenvalue weighted by Crippen LogP contribution is 2.45. The third kappa shape index (κ3) is 1.10. The van der Waals surface area contributed by atoms with Crippen LogP contribution < -0.4 is 0 Å². The third-order valence-electron chi connectivity index (χ3n) is 3.60. The van der Waals surface area contributed by atoms with Crippen LogP contribution in [0.1, 0.15) is 30.5 Å². The maximum atomic E-state index is 5.26. The Hall–Kier alpha value is -0.900. The average molecular weight is 193 g/mol. The second-order valence-electron chi connectivity index (χ2n) is 4.63. The molecule has 0 amide bonds. The Balaban J connectivity index is 1.87. The van der Waals surface area contributed by atoms with Gasteiger partial charge >= 0.3 is 0 Å². The first-order valence-corrected chi connectivity index (χ1v) is 5.24.